The number of rotatable bonds is 1. The van der Waals surface area contributed by atoms with E-state index >= 15 is 0 Å². The lowest BCUT2D eigenvalue weighted by molar-refractivity contribution is -0.135. The second-order valence-corrected chi connectivity index (χ2v) is 4.34. The standard InChI is InChI=1S/C10H17N3O2/c1-7-6-13(8-2-3-11-5-8)10(15)4-9(14)12-7/h7-8,11H,2-6H2,1H3,(H,12,14). The molecule has 2 rings (SSSR count). The number of amides is 2. The van der Waals surface area contributed by atoms with Gasteiger partial charge in [-0.3, -0.25) is 9.59 Å². The fourth-order valence-corrected chi connectivity index (χ4v) is 2.27. The molecule has 2 fully saturated rings. The van der Waals surface area contributed by atoms with Gasteiger partial charge in [-0.05, 0) is 19.9 Å². The zero-order valence-corrected chi connectivity index (χ0v) is 8.95. The maximum Gasteiger partial charge on any atom is 0.232 e. The highest BCUT2D eigenvalue weighted by atomic mass is 16.2. The van der Waals surface area contributed by atoms with Crippen molar-refractivity contribution in [3.05, 3.63) is 0 Å². The van der Waals surface area contributed by atoms with Gasteiger partial charge in [-0.1, -0.05) is 0 Å². The van der Waals surface area contributed by atoms with E-state index in [4.69, 9.17) is 0 Å². The number of nitrogens with one attached hydrogen (secondary N) is 2. The third kappa shape index (κ3) is 2.28. The van der Waals surface area contributed by atoms with E-state index in [2.05, 4.69) is 10.6 Å². The van der Waals surface area contributed by atoms with Crippen molar-refractivity contribution in [3.8, 4) is 0 Å². The van der Waals surface area contributed by atoms with E-state index in [1.165, 1.54) is 0 Å². The number of carbonyl (C=O) groups is 2. The van der Waals surface area contributed by atoms with Gasteiger partial charge in [-0.15, -0.1) is 0 Å². The molecule has 2 atom stereocenters. The van der Waals surface area contributed by atoms with Gasteiger partial charge >= 0.3 is 0 Å². The predicted molar refractivity (Wildman–Crippen MR) is 55.2 cm³/mol. The first-order valence-corrected chi connectivity index (χ1v) is 5.46. The molecule has 2 heterocycles. The molecule has 2 aliphatic rings. The molecule has 0 bridgehead atoms. The van der Waals surface area contributed by atoms with Gasteiger partial charge in [-0.25, -0.2) is 0 Å². The highest BCUT2D eigenvalue weighted by Gasteiger charge is 2.31. The van der Waals surface area contributed by atoms with E-state index in [1.807, 2.05) is 11.8 Å². The van der Waals surface area contributed by atoms with Crippen LogP contribution in [0.1, 0.15) is 19.8 Å². The average molecular weight is 211 g/mol. The molecule has 2 aliphatic heterocycles. The number of nitrogens with zero attached hydrogens (tertiary/aromatic N) is 1. The van der Waals surface area contributed by atoms with Crippen LogP contribution < -0.4 is 10.6 Å². The lowest BCUT2D eigenvalue weighted by Crippen LogP contribution is -2.45. The molecule has 0 aromatic rings. The second-order valence-electron chi connectivity index (χ2n) is 4.34. The van der Waals surface area contributed by atoms with Crippen LogP contribution >= 0.6 is 0 Å². The molecule has 2 saturated heterocycles. The quantitative estimate of drug-likeness (QED) is 0.552. The highest BCUT2D eigenvalue weighted by molar-refractivity contribution is 5.97. The minimum atomic E-state index is -0.152. The normalized spacial score (nSPS) is 32.7. The minimum Gasteiger partial charge on any atom is -0.351 e. The fraction of sp³-hybridized carbons (Fsp3) is 0.800. The Morgan fingerprint density at radius 2 is 2.20 bits per heavy atom. The minimum absolute atomic E-state index is 0.000833. The van der Waals surface area contributed by atoms with Crippen LogP contribution in [-0.4, -0.2) is 48.4 Å². The summed E-state index contributed by atoms with van der Waals surface area (Å²) in [5, 5.41) is 6.04. The fourth-order valence-electron chi connectivity index (χ4n) is 2.27. The van der Waals surface area contributed by atoms with Crippen molar-refractivity contribution in [2.75, 3.05) is 19.6 Å². The maximum atomic E-state index is 11.8. The predicted octanol–water partition coefficient (Wildman–Crippen LogP) is -0.915. The Morgan fingerprint density at radius 3 is 2.87 bits per heavy atom. The Hall–Kier alpha value is -1.10. The molecule has 84 valence electrons. The molecule has 2 amide bonds. The zero-order chi connectivity index (χ0) is 10.8. The summed E-state index contributed by atoms with van der Waals surface area (Å²) in [6.45, 7) is 4.39. The number of hydrogen-bond donors (Lipinski definition) is 2. The molecule has 0 aromatic heterocycles. The molecule has 0 saturated carbocycles. The van der Waals surface area contributed by atoms with Gasteiger partial charge < -0.3 is 15.5 Å². The van der Waals surface area contributed by atoms with E-state index in [0.717, 1.165) is 19.5 Å². The maximum absolute atomic E-state index is 11.8. The van der Waals surface area contributed by atoms with E-state index in [9.17, 15) is 9.59 Å². The zero-order valence-electron chi connectivity index (χ0n) is 8.95. The van der Waals surface area contributed by atoms with Crippen molar-refractivity contribution in [2.24, 2.45) is 0 Å². The Balaban J connectivity index is 2.07. The van der Waals surface area contributed by atoms with E-state index < -0.39 is 0 Å². The van der Waals surface area contributed by atoms with Crippen LogP contribution in [-0.2, 0) is 9.59 Å². The summed E-state index contributed by atoms with van der Waals surface area (Å²) in [6.07, 6.45) is 0.994. The van der Waals surface area contributed by atoms with Crippen LogP contribution in [0.25, 0.3) is 0 Å². The smallest absolute Gasteiger partial charge is 0.232 e. The van der Waals surface area contributed by atoms with Crippen molar-refractivity contribution < 1.29 is 9.59 Å². The summed E-state index contributed by atoms with van der Waals surface area (Å²) >= 11 is 0. The van der Waals surface area contributed by atoms with Gasteiger partial charge in [0.25, 0.3) is 0 Å². The molecule has 0 aromatic carbocycles. The van der Waals surface area contributed by atoms with Crippen LogP contribution in [0.15, 0.2) is 0 Å². The van der Waals surface area contributed by atoms with Crippen LogP contribution in [0.3, 0.4) is 0 Å². The summed E-state index contributed by atoms with van der Waals surface area (Å²) in [4.78, 5) is 24.9. The Labute approximate surface area is 89.2 Å². The molecule has 5 heteroatoms. The van der Waals surface area contributed by atoms with Crippen molar-refractivity contribution in [2.45, 2.75) is 31.8 Å². The van der Waals surface area contributed by atoms with Gasteiger partial charge in [-0.2, -0.15) is 0 Å². The average Bonchev–Trinajstić information content (AvgIpc) is 2.62. The second kappa shape index (κ2) is 4.18. The SMILES string of the molecule is CC1CN(C2CCNC2)C(=O)CC(=O)N1. The van der Waals surface area contributed by atoms with Crippen molar-refractivity contribution >= 4 is 11.8 Å². The topological polar surface area (TPSA) is 61.4 Å². The van der Waals surface area contributed by atoms with E-state index in [-0.39, 0.29) is 30.3 Å². The van der Waals surface area contributed by atoms with Gasteiger partial charge in [0, 0.05) is 25.2 Å². The molecule has 0 radical (unpaired) electrons. The lowest BCUT2D eigenvalue weighted by Gasteiger charge is -2.28. The number of hydrogen-bond acceptors (Lipinski definition) is 3. The molecular formula is C10H17N3O2. The van der Waals surface area contributed by atoms with Gasteiger partial charge in [0.05, 0.1) is 0 Å². The van der Waals surface area contributed by atoms with Crippen LogP contribution in [0, 0.1) is 0 Å². The lowest BCUT2D eigenvalue weighted by atomic mass is 10.2. The first-order valence-electron chi connectivity index (χ1n) is 5.46. The van der Waals surface area contributed by atoms with Crippen molar-refractivity contribution in [3.63, 3.8) is 0 Å². The molecule has 0 spiro atoms. The van der Waals surface area contributed by atoms with Gasteiger partial charge in [0.2, 0.25) is 11.8 Å². The molecule has 2 N–H and O–H groups in total. The first-order chi connectivity index (χ1) is 7.16. The van der Waals surface area contributed by atoms with Crippen molar-refractivity contribution in [1.82, 2.24) is 15.5 Å². The molecule has 0 aliphatic carbocycles. The largest absolute Gasteiger partial charge is 0.351 e. The van der Waals surface area contributed by atoms with Crippen LogP contribution in [0.2, 0.25) is 0 Å². The molecular weight excluding hydrogens is 194 g/mol. The Bertz CT molecular complexity index is 274. The van der Waals surface area contributed by atoms with Crippen LogP contribution in [0.5, 0.6) is 0 Å². The Morgan fingerprint density at radius 1 is 1.40 bits per heavy atom. The summed E-state index contributed by atoms with van der Waals surface area (Å²) in [5.74, 6) is -0.188. The number of carbonyl (C=O) groups excluding carboxylic acids is 2. The van der Waals surface area contributed by atoms with Crippen LogP contribution in [0.4, 0.5) is 0 Å². The molecule has 15 heavy (non-hydrogen) atoms. The summed E-state index contributed by atoms with van der Waals surface area (Å²) < 4.78 is 0. The van der Waals surface area contributed by atoms with Crippen molar-refractivity contribution in [1.29, 1.82) is 0 Å². The summed E-state index contributed by atoms with van der Waals surface area (Å²) in [6, 6.07) is 0.331. The third-order valence-electron chi connectivity index (χ3n) is 2.99. The molecule has 2 unspecified atom stereocenters. The van der Waals surface area contributed by atoms with Gasteiger partial charge in [0.1, 0.15) is 6.42 Å². The third-order valence-corrected chi connectivity index (χ3v) is 2.99. The highest BCUT2D eigenvalue weighted by Crippen LogP contribution is 2.13. The monoisotopic (exact) mass is 211 g/mol. The van der Waals surface area contributed by atoms with Gasteiger partial charge in [0.15, 0.2) is 0 Å². The summed E-state index contributed by atoms with van der Waals surface area (Å²) in [7, 11) is 0. The Kier molecular flexibility index (Phi) is 2.90. The summed E-state index contributed by atoms with van der Waals surface area (Å²) in [5.41, 5.74) is 0. The van der Waals surface area contributed by atoms with E-state index in [0.29, 0.717) is 6.54 Å². The first kappa shape index (κ1) is 10.4. The molecule has 5 nitrogen and oxygen atoms in total. The van der Waals surface area contributed by atoms with E-state index in [1.54, 1.807) is 0 Å².